The SMILES string of the molecule is O=C(/C=C/c1cccs1)Nc1cccc(S(=O)(=O)NC2CC2)c1. The van der Waals surface area contributed by atoms with Gasteiger partial charge < -0.3 is 5.32 Å². The molecule has 120 valence electrons. The highest BCUT2D eigenvalue weighted by molar-refractivity contribution is 7.89. The first-order valence-electron chi connectivity index (χ1n) is 7.18. The number of hydrogen-bond acceptors (Lipinski definition) is 4. The van der Waals surface area contributed by atoms with Crippen molar-refractivity contribution in [1.29, 1.82) is 0 Å². The van der Waals surface area contributed by atoms with E-state index in [1.165, 1.54) is 29.5 Å². The number of sulfonamides is 1. The largest absolute Gasteiger partial charge is 0.322 e. The average molecular weight is 348 g/mol. The lowest BCUT2D eigenvalue weighted by Crippen LogP contribution is -2.25. The summed E-state index contributed by atoms with van der Waals surface area (Å²) in [6, 6.07) is 10.1. The molecule has 2 N–H and O–H groups in total. The number of anilines is 1. The lowest BCUT2D eigenvalue weighted by molar-refractivity contribution is -0.111. The molecule has 0 saturated heterocycles. The molecule has 1 fully saturated rings. The Morgan fingerprint density at radius 1 is 1.22 bits per heavy atom. The van der Waals surface area contributed by atoms with Crippen molar-refractivity contribution in [3.05, 3.63) is 52.7 Å². The number of amides is 1. The molecule has 1 amide bonds. The number of carbonyl (C=O) groups is 1. The highest BCUT2D eigenvalue weighted by Gasteiger charge is 2.28. The van der Waals surface area contributed by atoms with Crippen LogP contribution in [0.15, 0.2) is 52.7 Å². The summed E-state index contributed by atoms with van der Waals surface area (Å²) in [5.74, 6) is -0.303. The second-order valence-electron chi connectivity index (χ2n) is 5.26. The summed E-state index contributed by atoms with van der Waals surface area (Å²) in [6.45, 7) is 0. The van der Waals surface area contributed by atoms with E-state index < -0.39 is 10.0 Å². The first-order valence-corrected chi connectivity index (χ1v) is 9.54. The van der Waals surface area contributed by atoms with E-state index in [-0.39, 0.29) is 16.8 Å². The van der Waals surface area contributed by atoms with Crippen LogP contribution >= 0.6 is 11.3 Å². The van der Waals surface area contributed by atoms with Crippen molar-refractivity contribution in [2.45, 2.75) is 23.8 Å². The Bertz CT molecular complexity index is 823. The summed E-state index contributed by atoms with van der Waals surface area (Å²) in [4.78, 5) is 13.0. The van der Waals surface area contributed by atoms with Crippen LogP contribution < -0.4 is 10.0 Å². The molecule has 0 unspecified atom stereocenters. The van der Waals surface area contributed by atoms with Crippen molar-refractivity contribution in [3.63, 3.8) is 0 Å². The highest BCUT2D eigenvalue weighted by atomic mass is 32.2. The fraction of sp³-hybridized carbons (Fsp3) is 0.188. The van der Waals surface area contributed by atoms with E-state index >= 15 is 0 Å². The monoisotopic (exact) mass is 348 g/mol. The van der Waals surface area contributed by atoms with Gasteiger partial charge in [0.15, 0.2) is 0 Å². The lowest BCUT2D eigenvalue weighted by atomic mass is 10.3. The van der Waals surface area contributed by atoms with E-state index in [2.05, 4.69) is 10.0 Å². The van der Waals surface area contributed by atoms with Gasteiger partial charge in [0.25, 0.3) is 0 Å². The maximum Gasteiger partial charge on any atom is 0.248 e. The summed E-state index contributed by atoms with van der Waals surface area (Å²) >= 11 is 1.53. The summed E-state index contributed by atoms with van der Waals surface area (Å²) in [6.07, 6.45) is 4.90. The third-order valence-electron chi connectivity index (χ3n) is 3.25. The quantitative estimate of drug-likeness (QED) is 0.788. The Hall–Kier alpha value is -1.96. The van der Waals surface area contributed by atoms with Gasteiger partial charge in [-0.05, 0) is 48.6 Å². The van der Waals surface area contributed by atoms with E-state index in [0.29, 0.717) is 5.69 Å². The van der Waals surface area contributed by atoms with Crippen LogP contribution in [0, 0.1) is 0 Å². The van der Waals surface area contributed by atoms with Crippen molar-refractivity contribution < 1.29 is 13.2 Å². The van der Waals surface area contributed by atoms with Gasteiger partial charge in [-0.25, -0.2) is 13.1 Å². The van der Waals surface area contributed by atoms with E-state index in [1.807, 2.05) is 17.5 Å². The molecule has 1 heterocycles. The minimum Gasteiger partial charge on any atom is -0.322 e. The molecule has 0 radical (unpaired) electrons. The number of nitrogens with one attached hydrogen (secondary N) is 2. The lowest BCUT2D eigenvalue weighted by Gasteiger charge is -2.08. The number of hydrogen-bond donors (Lipinski definition) is 2. The minimum atomic E-state index is -3.52. The molecule has 0 spiro atoms. The molecule has 0 bridgehead atoms. The molecule has 5 nitrogen and oxygen atoms in total. The van der Waals surface area contributed by atoms with Crippen molar-refractivity contribution in [2.75, 3.05) is 5.32 Å². The maximum atomic E-state index is 12.2. The molecule has 0 aliphatic heterocycles. The van der Waals surface area contributed by atoms with E-state index in [0.717, 1.165) is 17.7 Å². The zero-order valence-corrected chi connectivity index (χ0v) is 13.9. The molecule has 1 aliphatic rings. The van der Waals surface area contributed by atoms with Crippen molar-refractivity contribution in [3.8, 4) is 0 Å². The normalized spacial score (nSPS) is 15.0. The van der Waals surface area contributed by atoms with Gasteiger partial charge in [-0.2, -0.15) is 0 Å². The molecule has 0 atom stereocenters. The number of rotatable bonds is 6. The summed E-state index contributed by atoms with van der Waals surface area (Å²) in [7, 11) is -3.52. The van der Waals surface area contributed by atoms with Gasteiger partial charge in [0, 0.05) is 22.7 Å². The Kier molecular flexibility index (Phi) is 4.61. The third kappa shape index (κ3) is 4.51. The number of thiophene rings is 1. The Balaban J connectivity index is 1.68. The zero-order chi connectivity index (χ0) is 16.3. The first-order chi connectivity index (χ1) is 11.0. The van der Waals surface area contributed by atoms with Crippen molar-refractivity contribution in [2.24, 2.45) is 0 Å². The zero-order valence-electron chi connectivity index (χ0n) is 12.2. The predicted molar refractivity (Wildman–Crippen MR) is 91.8 cm³/mol. The fourth-order valence-corrected chi connectivity index (χ4v) is 3.93. The van der Waals surface area contributed by atoms with Crippen LogP contribution in [0.3, 0.4) is 0 Å². The van der Waals surface area contributed by atoms with Gasteiger partial charge >= 0.3 is 0 Å². The molecular weight excluding hydrogens is 332 g/mol. The Morgan fingerprint density at radius 2 is 2.04 bits per heavy atom. The minimum absolute atomic E-state index is 0.0481. The van der Waals surface area contributed by atoms with Crippen LogP contribution in [0.2, 0.25) is 0 Å². The van der Waals surface area contributed by atoms with Gasteiger partial charge in [0.1, 0.15) is 0 Å². The van der Waals surface area contributed by atoms with Crippen molar-refractivity contribution >= 4 is 39.0 Å². The highest BCUT2D eigenvalue weighted by Crippen LogP contribution is 2.23. The molecular formula is C16H16N2O3S2. The van der Waals surface area contributed by atoms with Crippen LogP contribution in [0.1, 0.15) is 17.7 Å². The van der Waals surface area contributed by atoms with Gasteiger partial charge in [-0.1, -0.05) is 12.1 Å². The second-order valence-corrected chi connectivity index (χ2v) is 7.95. The predicted octanol–water partition coefficient (Wildman–Crippen LogP) is 2.84. The van der Waals surface area contributed by atoms with E-state index in [9.17, 15) is 13.2 Å². The summed E-state index contributed by atoms with van der Waals surface area (Å²) in [5, 5.41) is 4.60. The van der Waals surface area contributed by atoms with Crippen LogP contribution in [0.25, 0.3) is 6.08 Å². The van der Waals surface area contributed by atoms with Gasteiger partial charge in [0.2, 0.25) is 15.9 Å². The van der Waals surface area contributed by atoms with Gasteiger partial charge in [0.05, 0.1) is 4.90 Å². The standard InChI is InChI=1S/C16H16N2O3S2/c19-16(9-8-14-4-2-10-22-14)17-13-3-1-5-15(11-13)23(20,21)18-12-6-7-12/h1-5,8-12,18H,6-7H2,(H,17,19)/b9-8+. The first kappa shape index (κ1) is 15.9. The van der Waals surface area contributed by atoms with Crippen LogP contribution in [0.5, 0.6) is 0 Å². The van der Waals surface area contributed by atoms with Crippen LogP contribution in [0.4, 0.5) is 5.69 Å². The smallest absolute Gasteiger partial charge is 0.248 e. The summed E-state index contributed by atoms with van der Waals surface area (Å²) < 4.78 is 26.9. The third-order valence-corrected chi connectivity index (χ3v) is 5.61. The van der Waals surface area contributed by atoms with Gasteiger partial charge in [-0.3, -0.25) is 4.79 Å². The Labute approximate surface area is 139 Å². The van der Waals surface area contributed by atoms with Crippen LogP contribution in [-0.4, -0.2) is 20.4 Å². The van der Waals surface area contributed by atoms with Gasteiger partial charge in [-0.15, -0.1) is 11.3 Å². The van der Waals surface area contributed by atoms with E-state index in [1.54, 1.807) is 18.2 Å². The molecule has 1 saturated carbocycles. The van der Waals surface area contributed by atoms with E-state index in [4.69, 9.17) is 0 Å². The summed E-state index contributed by atoms with van der Waals surface area (Å²) in [5.41, 5.74) is 0.449. The number of benzene rings is 1. The van der Waals surface area contributed by atoms with Crippen LogP contribution in [-0.2, 0) is 14.8 Å². The second kappa shape index (κ2) is 6.66. The molecule has 7 heteroatoms. The molecule has 2 aromatic rings. The Morgan fingerprint density at radius 3 is 2.74 bits per heavy atom. The average Bonchev–Trinajstić information content (AvgIpc) is 3.16. The molecule has 23 heavy (non-hydrogen) atoms. The molecule has 1 aromatic heterocycles. The molecule has 3 rings (SSSR count). The maximum absolute atomic E-state index is 12.2. The topological polar surface area (TPSA) is 75.3 Å². The fourth-order valence-electron chi connectivity index (χ4n) is 1.96. The molecule has 1 aliphatic carbocycles. The molecule has 1 aromatic carbocycles. The van der Waals surface area contributed by atoms with Crippen molar-refractivity contribution in [1.82, 2.24) is 4.72 Å². The number of carbonyl (C=O) groups excluding carboxylic acids is 1.